The number of ether oxygens (including phenoxy) is 3. The molecular weight excluding hydrogens is 895 g/mol. The van der Waals surface area contributed by atoms with E-state index in [4.69, 9.17) is 14.2 Å². The smallest absolute Gasteiger partial charge is 0.333 e. The molecule has 8 rings (SSSR count). The van der Waals surface area contributed by atoms with Gasteiger partial charge in [-0.1, -0.05) is 130 Å². The van der Waals surface area contributed by atoms with Crippen LogP contribution in [0.4, 0.5) is 28.4 Å². The molecule has 2 fully saturated rings. The molecule has 4 atom stereocenters. The number of nitrogens with one attached hydrogen (secondary N) is 3. The third kappa shape index (κ3) is 12.8. The van der Waals surface area contributed by atoms with Crippen LogP contribution in [0, 0.1) is 53.4 Å². The first-order chi connectivity index (χ1) is 34.7. The molecule has 2 aliphatic rings. The van der Waals surface area contributed by atoms with Crippen molar-refractivity contribution >= 4 is 57.1 Å². The van der Waals surface area contributed by atoms with Crippen LogP contribution in [0.2, 0.25) is 0 Å². The van der Waals surface area contributed by atoms with Gasteiger partial charge >= 0.3 is 17.9 Å². The van der Waals surface area contributed by atoms with Gasteiger partial charge < -0.3 is 30.2 Å². The van der Waals surface area contributed by atoms with Crippen LogP contribution in [0.15, 0.2) is 121 Å². The molecule has 0 aliphatic heterocycles. The lowest BCUT2D eigenvalue weighted by atomic mass is 9.79. The maximum Gasteiger partial charge on any atom is 0.333 e. The van der Waals surface area contributed by atoms with Crippen LogP contribution in [-0.2, 0) is 28.6 Å². The van der Waals surface area contributed by atoms with Gasteiger partial charge in [0.25, 0.3) is 0 Å². The second-order valence-electron chi connectivity index (χ2n) is 19.8. The molecule has 6 aromatic rings. The van der Waals surface area contributed by atoms with Gasteiger partial charge in [0.1, 0.15) is 19.3 Å². The molecule has 0 radical (unpaired) electrons. The van der Waals surface area contributed by atoms with Gasteiger partial charge in [0.05, 0.1) is 17.9 Å². The lowest BCUT2D eigenvalue weighted by Gasteiger charge is -2.35. The van der Waals surface area contributed by atoms with Crippen molar-refractivity contribution in [2.75, 3.05) is 29.2 Å². The van der Waals surface area contributed by atoms with E-state index in [1.807, 2.05) is 13.8 Å². The average Bonchev–Trinajstić information content (AvgIpc) is 3.37. The number of carbonyl (C=O) groups is 3. The molecule has 0 amide bonds. The highest BCUT2D eigenvalue weighted by atomic mass is 16.6. The Labute approximate surface area is 428 Å². The van der Waals surface area contributed by atoms with Crippen molar-refractivity contribution in [1.82, 2.24) is 0 Å². The van der Waals surface area contributed by atoms with Crippen molar-refractivity contribution in [3.8, 4) is 0 Å². The van der Waals surface area contributed by atoms with Gasteiger partial charge in [0.2, 0.25) is 0 Å². The van der Waals surface area contributed by atoms with E-state index in [0.717, 1.165) is 77.7 Å². The second-order valence-corrected chi connectivity index (χ2v) is 19.8. The van der Waals surface area contributed by atoms with Crippen molar-refractivity contribution in [2.24, 2.45) is 11.8 Å². The number of fused-ring (bicyclic) bond motifs is 1. The molecule has 2 aliphatic carbocycles. The van der Waals surface area contributed by atoms with Crippen LogP contribution >= 0.6 is 0 Å². The van der Waals surface area contributed by atoms with E-state index in [1.54, 1.807) is 6.92 Å². The lowest BCUT2D eigenvalue weighted by molar-refractivity contribution is -0.168. The normalized spacial score (nSPS) is 17.5. The molecule has 0 aromatic heterocycles. The van der Waals surface area contributed by atoms with Crippen molar-refractivity contribution in [3.63, 3.8) is 0 Å². The quantitative estimate of drug-likeness (QED) is 0.0287. The highest BCUT2D eigenvalue weighted by Gasteiger charge is 2.40. The summed E-state index contributed by atoms with van der Waals surface area (Å²) in [6.07, 6.45) is 5.99. The van der Waals surface area contributed by atoms with E-state index >= 15 is 0 Å². The number of anilines is 5. The molecule has 2 saturated carbocycles. The molecule has 378 valence electrons. The first-order valence-corrected chi connectivity index (χ1v) is 26.1. The lowest BCUT2D eigenvalue weighted by Crippen LogP contribution is -2.43. The summed E-state index contributed by atoms with van der Waals surface area (Å²) in [4.78, 5) is 39.1. The Kier molecular flexibility index (Phi) is 18.0. The number of hydrogen-bond acceptors (Lipinski definition) is 9. The Morgan fingerprint density at radius 3 is 1.58 bits per heavy atom. The Hall–Kier alpha value is -6.87. The van der Waals surface area contributed by atoms with Crippen LogP contribution in [0.25, 0.3) is 10.8 Å². The third-order valence-electron chi connectivity index (χ3n) is 14.2. The van der Waals surface area contributed by atoms with E-state index in [-0.39, 0.29) is 42.8 Å². The number of benzene rings is 6. The number of hydrogen-bond donors (Lipinski definition) is 3. The molecule has 4 unspecified atom stereocenters. The van der Waals surface area contributed by atoms with Gasteiger partial charge in [-0.25, -0.2) is 4.79 Å². The Balaban J connectivity index is 0.00000376. The second kappa shape index (κ2) is 24.5. The first-order valence-electron chi connectivity index (χ1n) is 26.1. The van der Waals surface area contributed by atoms with Gasteiger partial charge in [-0.05, 0) is 155 Å². The van der Waals surface area contributed by atoms with Crippen molar-refractivity contribution in [1.29, 1.82) is 0 Å². The van der Waals surface area contributed by atoms with E-state index in [9.17, 15) is 14.4 Å². The summed E-state index contributed by atoms with van der Waals surface area (Å²) in [5.41, 5.74) is 16.5. The highest BCUT2D eigenvalue weighted by Crippen LogP contribution is 2.41. The van der Waals surface area contributed by atoms with Crippen molar-refractivity contribution < 1.29 is 28.6 Å². The summed E-state index contributed by atoms with van der Waals surface area (Å²) in [6.45, 7) is 21.9. The molecule has 0 bridgehead atoms. The maximum absolute atomic E-state index is 14.0. The van der Waals surface area contributed by atoms with Crippen LogP contribution < -0.4 is 16.0 Å². The molecule has 0 saturated heterocycles. The zero-order valence-corrected chi connectivity index (χ0v) is 44.0. The van der Waals surface area contributed by atoms with Gasteiger partial charge in [-0.15, -0.1) is 0 Å². The largest absolute Gasteiger partial charge is 0.462 e. The fourth-order valence-corrected chi connectivity index (χ4v) is 10.9. The summed E-state index contributed by atoms with van der Waals surface area (Å²) in [5, 5.41) is 13.5. The summed E-state index contributed by atoms with van der Waals surface area (Å²) >= 11 is 0. The van der Waals surface area contributed by atoms with Crippen molar-refractivity contribution in [2.45, 2.75) is 132 Å². The topological polar surface area (TPSA) is 115 Å². The molecule has 9 nitrogen and oxygen atoms in total. The van der Waals surface area contributed by atoms with Crippen LogP contribution in [0.5, 0.6) is 0 Å². The van der Waals surface area contributed by atoms with E-state index in [1.165, 1.54) is 50.1 Å². The molecule has 0 spiro atoms. The predicted molar refractivity (Wildman–Crippen MR) is 295 cm³/mol. The highest BCUT2D eigenvalue weighted by molar-refractivity contribution is 5.97. The van der Waals surface area contributed by atoms with Crippen LogP contribution in [0.3, 0.4) is 0 Å². The van der Waals surface area contributed by atoms with Gasteiger partial charge in [-0.2, -0.15) is 0 Å². The summed E-state index contributed by atoms with van der Waals surface area (Å²) in [7, 11) is 0. The van der Waals surface area contributed by atoms with Crippen LogP contribution in [-0.4, -0.2) is 43.3 Å². The number of rotatable bonds is 16. The maximum atomic E-state index is 14.0. The molecular formula is C63H75N3O6. The predicted octanol–water partition coefficient (Wildman–Crippen LogP) is 15.1. The molecule has 6 aromatic carbocycles. The zero-order chi connectivity index (χ0) is 51.5. The Morgan fingerprint density at radius 2 is 1.06 bits per heavy atom. The monoisotopic (exact) mass is 970 g/mol. The Morgan fingerprint density at radius 1 is 0.583 bits per heavy atom. The van der Waals surface area contributed by atoms with Gasteiger partial charge in [0.15, 0.2) is 0 Å². The summed E-state index contributed by atoms with van der Waals surface area (Å²) in [5.74, 6) is -2.58. The van der Waals surface area contributed by atoms with Crippen LogP contribution in [0.1, 0.15) is 128 Å². The average molecular weight is 970 g/mol. The number of carbonyl (C=O) groups excluding carboxylic acids is 3. The standard InChI is InChI=1S/C61H69N3O6.C2H6/c1-37(2)59(65)68-31-32-69-60(66)51-17-11-12-18-52(51)61(67)70-55-20-14-13-19-54(55)64-53-30-29-50(48-15-9-10-16-49(48)53)56(44-21-25-46(26-22-44)62-57-40(5)33-38(3)34-41(57)6)45-23-27-47(28-24-45)63-58-42(7)35-39(4)36-43(58)8;1-2/h9-10,15-16,21-30,33-36,51-52,54-56,62-64H,1,11-14,17-20,31-32H2,2-8H3;1-2H3. The molecule has 72 heavy (non-hydrogen) atoms. The molecule has 9 heteroatoms. The zero-order valence-electron chi connectivity index (χ0n) is 44.0. The minimum Gasteiger partial charge on any atom is -0.462 e. The molecule has 3 N–H and O–H groups in total. The summed E-state index contributed by atoms with van der Waals surface area (Å²) in [6, 6.07) is 39.5. The van der Waals surface area contributed by atoms with E-state index < -0.39 is 23.8 Å². The van der Waals surface area contributed by atoms with Gasteiger partial charge in [0, 0.05) is 45.3 Å². The van der Waals surface area contributed by atoms with Crippen molar-refractivity contribution in [3.05, 3.63) is 171 Å². The molecule has 0 heterocycles. The van der Waals surface area contributed by atoms with Gasteiger partial charge in [-0.3, -0.25) is 9.59 Å². The van der Waals surface area contributed by atoms with E-state index in [2.05, 4.69) is 173 Å². The van der Waals surface area contributed by atoms with E-state index in [0.29, 0.717) is 12.8 Å². The fourth-order valence-electron chi connectivity index (χ4n) is 10.9. The third-order valence-corrected chi connectivity index (χ3v) is 14.2. The minimum atomic E-state index is -0.597. The fraction of sp³-hybridized carbons (Fsp3) is 0.381. The number of esters is 3. The summed E-state index contributed by atoms with van der Waals surface area (Å²) < 4.78 is 17.0. The first kappa shape index (κ1) is 52.9. The minimum absolute atomic E-state index is 0.0658. The number of aryl methyl sites for hydroxylation is 6. The Bertz CT molecular complexity index is 2720. The SMILES string of the molecule is C=C(C)C(=O)OCCOC(=O)C1CCCCC1C(=O)OC1CCCCC1Nc1ccc(C(c2ccc(Nc3c(C)cc(C)cc3C)cc2)c2ccc(Nc3c(C)cc(C)cc3C)cc2)c2ccccc12.CC.